The molecule has 1 aromatic rings. The quantitative estimate of drug-likeness (QED) is 0.849. The first-order valence-electron chi connectivity index (χ1n) is 5.05. The van der Waals surface area contributed by atoms with Gasteiger partial charge < -0.3 is 9.63 Å². The van der Waals surface area contributed by atoms with Crippen LogP contribution in [0.5, 0.6) is 0 Å². The van der Waals surface area contributed by atoms with Gasteiger partial charge in [0, 0.05) is 18.8 Å². The smallest absolute Gasteiger partial charge is 0.340 e. The Hall–Kier alpha value is -1.46. The van der Waals surface area contributed by atoms with Gasteiger partial charge in [0.05, 0.1) is 6.20 Å². The number of hydrogen-bond acceptors (Lipinski definition) is 3. The van der Waals surface area contributed by atoms with Gasteiger partial charge in [-0.3, -0.25) is 0 Å². The van der Waals surface area contributed by atoms with Crippen LogP contribution in [0.1, 0.15) is 47.7 Å². The van der Waals surface area contributed by atoms with E-state index >= 15 is 0 Å². The van der Waals surface area contributed by atoms with Gasteiger partial charge in [0.2, 0.25) is 5.92 Å². The van der Waals surface area contributed by atoms with E-state index in [9.17, 15) is 13.6 Å². The predicted octanol–water partition coefficient (Wildman–Crippen LogP) is 2.67. The molecule has 0 spiro atoms. The van der Waals surface area contributed by atoms with Gasteiger partial charge in [0.1, 0.15) is 5.56 Å². The van der Waals surface area contributed by atoms with E-state index in [0.717, 1.165) is 6.20 Å². The number of hydrogen-bond donors (Lipinski definition) is 1. The highest BCUT2D eigenvalue weighted by atomic mass is 19.3. The summed E-state index contributed by atoms with van der Waals surface area (Å²) >= 11 is 0. The SMILES string of the molecule is O=C(O)c1cnoc1C1CCC(F)(F)CC1. The maximum absolute atomic E-state index is 12.9. The lowest BCUT2D eigenvalue weighted by molar-refractivity contribution is -0.0398. The molecule has 6 heteroatoms. The van der Waals surface area contributed by atoms with Crippen molar-refractivity contribution in [1.29, 1.82) is 0 Å². The van der Waals surface area contributed by atoms with E-state index in [0.29, 0.717) is 0 Å². The highest BCUT2D eigenvalue weighted by Crippen LogP contribution is 2.41. The summed E-state index contributed by atoms with van der Waals surface area (Å²) in [5.41, 5.74) is -0.0183. The Bertz CT molecular complexity index is 393. The zero-order valence-electron chi connectivity index (χ0n) is 8.45. The van der Waals surface area contributed by atoms with Crippen molar-refractivity contribution in [3.63, 3.8) is 0 Å². The van der Waals surface area contributed by atoms with E-state index in [1.165, 1.54) is 0 Å². The minimum Gasteiger partial charge on any atom is -0.478 e. The van der Waals surface area contributed by atoms with Crippen LogP contribution in [0.25, 0.3) is 0 Å². The van der Waals surface area contributed by atoms with Gasteiger partial charge in [-0.1, -0.05) is 5.16 Å². The third kappa shape index (κ3) is 2.05. The predicted molar refractivity (Wildman–Crippen MR) is 49.6 cm³/mol. The van der Waals surface area contributed by atoms with Crippen LogP contribution in [-0.2, 0) is 0 Å². The molecular weight excluding hydrogens is 220 g/mol. The fourth-order valence-corrected chi connectivity index (χ4v) is 2.01. The molecule has 0 aliphatic heterocycles. The fraction of sp³-hybridized carbons (Fsp3) is 0.600. The number of carboxylic acids is 1. The van der Waals surface area contributed by atoms with Crippen molar-refractivity contribution >= 4 is 5.97 Å². The third-order valence-corrected chi connectivity index (χ3v) is 2.92. The van der Waals surface area contributed by atoms with Crippen LogP contribution in [0, 0.1) is 0 Å². The summed E-state index contributed by atoms with van der Waals surface area (Å²) < 4.78 is 30.7. The van der Waals surface area contributed by atoms with Gasteiger partial charge in [-0.25, -0.2) is 13.6 Å². The Labute approximate surface area is 90.2 Å². The standard InChI is InChI=1S/C10H11F2NO3/c11-10(12)3-1-6(2-4-10)8-7(9(14)15)5-13-16-8/h5-6H,1-4H2,(H,14,15). The zero-order chi connectivity index (χ0) is 11.8. The number of aromatic carboxylic acids is 1. The van der Waals surface area contributed by atoms with Crippen molar-refractivity contribution in [2.24, 2.45) is 0 Å². The van der Waals surface area contributed by atoms with Crippen LogP contribution >= 0.6 is 0 Å². The van der Waals surface area contributed by atoms with E-state index in [-0.39, 0.29) is 42.9 Å². The topological polar surface area (TPSA) is 63.3 Å². The molecular formula is C10H11F2NO3. The average Bonchev–Trinajstić information content (AvgIpc) is 2.66. The summed E-state index contributed by atoms with van der Waals surface area (Å²) in [7, 11) is 0. The van der Waals surface area contributed by atoms with Gasteiger partial charge in [0.25, 0.3) is 0 Å². The normalized spacial score (nSPS) is 20.9. The summed E-state index contributed by atoms with van der Waals surface area (Å²) in [4.78, 5) is 10.8. The first kappa shape index (κ1) is 11.0. The van der Waals surface area contributed by atoms with Crippen molar-refractivity contribution in [3.8, 4) is 0 Å². The van der Waals surface area contributed by atoms with Gasteiger partial charge >= 0.3 is 5.97 Å². The molecule has 1 saturated carbocycles. The number of aromatic nitrogens is 1. The summed E-state index contributed by atoms with van der Waals surface area (Å²) in [6.45, 7) is 0. The maximum atomic E-state index is 12.9. The lowest BCUT2D eigenvalue weighted by Gasteiger charge is -2.26. The van der Waals surface area contributed by atoms with E-state index in [4.69, 9.17) is 9.63 Å². The van der Waals surface area contributed by atoms with Crippen LogP contribution < -0.4 is 0 Å². The van der Waals surface area contributed by atoms with E-state index in [1.807, 2.05) is 0 Å². The van der Waals surface area contributed by atoms with E-state index < -0.39 is 11.9 Å². The molecule has 0 atom stereocenters. The van der Waals surface area contributed by atoms with Crippen molar-refractivity contribution < 1.29 is 23.2 Å². The second kappa shape index (κ2) is 3.84. The first-order valence-corrected chi connectivity index (χ1v) is 5.05. The Kier molecular flexibility index (Phi) is 2.65. The molecule has 1 aromatic heterocycles. The molecule has 4 nitrogen and oxygen atoms in total. The summed E-state index contributed by atoms with van der Waals surface area (Å²) in [6.07, 6.45) is 1.14. The third-order valence-electron chi connectivity index (χ3n) is 2.92. The van der Waals surface area contributed by atoms with Gasteiger partial charge in [-0.15, -0.1) is 0 Å². The highest BCUT2D eigenvalue weighted by molar-refractivity contribution is 5.88. The molecule has 0 radical (unpaired) electrons. The van der Waals surface area contributed by atoms with Crippen molar-refractivity contribution in [3.05, 3.63) is 17.5 Å². The van der Waals surface area contributed by atoms with Crippen molar-refractivity contribution in [1.82, 2.24) is 5.16 Å². The second-order valence-electron chi connectivity index (χ2n) is 4.04. The molecule has 0 unspecified atom stereocenters. The number of nitrogens with zero attached hydrogens (tertiary/aromatic N) is 1. The largest absolute Gasteiger partial charge is 0.478 e. The molecule has 0 aromatic carbocycles. The van der Waals surface area contributed by atoms with Crippen LogP contribution in [0.15, 0.2) is 10.7 Å². The number of carbonyl (C=O) groups is 1. The molecule has 1 fully saturated rings. The van der Waals surface area contributed by atoms with Gasteiger partial charge in [-0.2, -0.15) is 0 Å². The molecule has 1 aliphatic rings. The lowest BCUT2D eigenvalue weighted by atomic mass is 9.84. The van der Waals surface area contributed by atoms with E-state index in [1.54, 1.807) is 0 Å². The molecule has 1 heterocycles. The molecule has 1 aliphatic carbocycles. The highest BCUT2D eigenvalue weighted by Gasteiger charge is 2.38. The van der Waals surface area contributed by atoms with Crippen LogP contribution in [-0.4, -0.2) is 22.2 Å². The number of halogens is 2. The maximum Gasteiger partial charge on any atom is 0.340 e. The van der Waals surface area contributed by atoms with Crippen LogP contribution in [0.4, 0.5) is 8.78 Å². The Balaban J connectivity index is 2.14. The van der Waals surface area contributed by atoms with Gasteiger partial charge in [-0.05, 0) is 12.8 Å². The summed E-state index contributed by atoms with van der Waals surface area (Å²) in [6, 6.07) is 0. The van der Waals surface area contributed by atoms with Crippen LogP contribution in [0.3, 0.4) is 0 Å². The molecule has 2 rings (SSSR count). The first-order chi connectivity index (χ1) is 7.49. The fourth-order valence-electron chi connectivity index (χ4n) is 2.01. The second-order valence-corrected chi connectivity index (χ2v) is 4.04. The molecule has 1 N–H and O–H groups in total. The minimum absolute atomic E-state index is 0.0183. The monoisotopic (exact) mass is 231 g/mol. The number of alkyl halides is 2. The Morgan fingerprint density at radius 1 is 1.50 bits per heavy atom. The zero-order valence-corrected chi connectivity index (χ0v) is 8.45. The Morgan fingerprint density at radius 3 is 2.69 bits per heavy atom. The lowest BCUT2D eigenvalue weighted by Crippen LogP contribution is -2.24. The van der Waals surface area contributed by atoms with Crippen molar-refractivity contribution in [2.75, 3.05) is 0 Å². The molecule has 88 valence electrons. The summed E-state index contributed by atoms with van der Waals surface area (Å²) in [5.74, 6) is -3.79. The molecule has 0 saturated heterocycles. The summed E-state index contributed by atoms with van der Waals surface area (Å²) in [5, 5.41) is 12.3. The molecule has 0 amide bonds. The molecule has 16 heavy (non-hydrogen) atoms. The average molecular weight is 231 g/mol. The number of carboxylic acid groups (broad SMARTS) is 1. The van der Waals surface area contributed by atoms with Crippen molar-refractivity contribution in [2.45, 2.75) is 37.5 Å². The minimum atomic E-state index is -2.63. The van der Waals surface area contributed by atoms with E-state index in [2.05, 4.69) is 5.16 Å². The number of rotatable bonds is 2. The van der Waals surface area contributed by atoms with Crippen LogP contribution in [0.2, 0.25) is 0 Å². The molecule has 0 bridgehead atoms. The van der Waals surface area contributed by atoms with Gasteiger partial charge in [0.15, 0.2) is 5.76 Å². The Morgan fingerprint density at radius 2 is 2.12 bits per heavy atom.